The molecule has 1 saturated heterocycles. The smallest absolute Gasteiger partial charge is 0.334 e. The van der Waals surface area contributed by atoms with Crippen LogP contribution in [-0.4, -0.2) is 34.1 Å². The number of benzene rings is 1. The molecule has 3 N–H and O–H groups in total. The van der Waals surface area contributed by atoms with Gasteiger partial charge >= 0.3 is 6.03 Å². The van der Waals surface area contributed by atoms with Crippen molar-refractivity contribution in [1.29, 1.82) is 0 Å². The van der Waals surface area contributed by atoms with Gasteiger partial charge in [-0.2, -0.15) is 0 Å². The maximum absolute atomic E-state index is 11.7. The minimum atomic E-state index is -0.123. The predicted molar refractivity (Wildman–Crippen MR) is 63.7 cm³/mol. The van der Waals surface area contributed by atoms with Crippen molar-refractivity contribution < 1.29 is 9.90 Å². The summed E-state index contributed by atoms with van der Waals surface area (Å²) in [5, 5.41) is 10.2. The fourth-order valence-corrected chi connectivity index (χ4v) is 1.92. The lowest BCUT2D eigenvalue weighted by Crippen LogP contribution is -2.52. The van der Waals surface area contributed by atoms with Crippen molar-refractivity contribution in [2.24, 2.45) is 5.84 Å². The molecule has 1 heterocycles. The lowest BCUT2D eigenvalue weighted by atomic mass is 10.1. The number of carbonyl (C=O) groups is 1. The Morgan fingerprint density at radius 2 is 1.82 bits per heavy atom. The minimum Gasteiger partial charge on any atom is -0.392 e. The van der Waals surface area contributed by atoms with Crippen LogP contribution in [0, 0.1) is 0 Å². The quantitative estimate of drug-likeness (QED) is 0.598. The maximum Gasteiger partial charge on any atom is 0.334 e. The van der Waals surface area contributed by atoms with Gasteiger partial charge in [0.15, 0.2) is 0 Å². The normalized spacial score (nSPS) is 16.5. The fraction of sp³-hybridized carbons (Fsp3) is 0.417. The number of aliphatic hydroxyl groups is 1. The van der Waals surface area contributed by atoms with E-state index in [1.807, 2.05) is 24.3 Å². The standard InChI is InChI=1S/C12H17N3O2/c13-15-7-1-6-14(12(15)17)8-10-2-4-11(9-16)5-3-10/h2-5,16H,1,6-9,13H2. The van der Waals surface area contributed by atoms with Gasteiger partial charge in [0, 0.05) is 19.6 Å². The van der Waals surface area contributed by atoms with Crippen LogP contribution in [0.1, 0.15) is 17.5 Å². The molecule has 0 atom stereocenters. The molecule has 0 spiro atoms. The van der Waals surface area contributed by atoms with Gasteiger partial charge in [0.1, 0.15) is 0 Å². The number of hydrazine groups is 1. The SMILES string of the molecule is NN1CCCN(Cc2ccc(CO)cc2)C1=O. The summed E-state index contributed by atoms with van der Waals surface area (Å²) >= 11 is 0. The maximum atomic E-state index is 11.7. The summed E-state index contributed by atoms with van der Waals surface area (Å²) in [6.07, 6.45) is 0.900. The molecule has 17 heavy (non-hydrogen) atoms. The molecule has 0 saturated carbocycles. The van der Waals surface area contributed by atoms with Crippen molar-refractivity contribution in [1.82, 2.24) is 9.91 Å². The summed E-state index contributed by atoms with van der Waals surface area (Å²) in [7, 11) is 0. The summed E-state index contributed by atoms with van der Waals surface area (Å²) in [5.74, 6) is 5.58. The molecule has 1 aliphatic heterocycles. The van der Waals surface area contributed by atoms with Crippen molar-refractivity contribution in [3.63, 3.8) is 0 Å². The van der Waals surface area contributed by atoms with Crippen LogP contribution < -0.4 is 5.84 Å². The molecule has 0 aromatic heterocycles. The van der Waals surface area contributed by atoms with E-state index < -0.39 is 0 Å². The summed E-state index contributed by atoms with van der Waals surface area (Å²) in [6.45, 7) is 1.98. The molecular formula is C12H17N3O2. The number of hydrogen-bond donors (Lipinski definition) is 2. The molecule has 1 fully saturated rings. The highest BCUT2D eigenvalue weighted by Crippen LogP contribution is 2.12. The van der Waals surface area contributed by atoms with E-state index in [1.54, 1.807) is 4.90 Å². The second-order valence-corrected chi connectivity index (χ2v) is 4.23. The zero-order valence-electron chi connectivity index (χ0n) is 9.67. The van der Waals surface area contributed by atoms with E-state index in [9.17, 15) is 4.79 Å². The molecule has 5 nitrogen and oxygen atoms in total. The number of aliphatic hydroxyl groups excluding tert-OH is 1. The number of nitrogens with two attached hydrogens (primary N) is 1. The first-order valence-electron chi connectivity index (χ1n) is 5.70. The first-order chi connectivity index (χ1) is 8.20. The van der Waals surface area contributed by atoms with Crippen molar-refractivity contribution in [2.75, 3.05) is 13.1 Å². The van der Waals surface area contributed by atoms with E-state index in [0.29, 0.717) is 13.1 Å². The molecule has 1 aromatic carbocycles. The lowest BCUT2D eigenvalue weighted by molar-refractivity contribution is 0.127. The Morgan fingerprint density at radius 3 is 2.47 bits per heavy atom. The van der Waals surface area contributed by atoms with Gasteiger partial charge in [0.05, 0.1) is 6.61 Å². The number of urea groups is 1. The van der Waals surface area contributed by atoms with Gasteiger partial charge in [-0.15, -0.1) is 0 Å². The molecule has 0 aliphatic carbocycles. The summed E-state index contributed by atoms with van der Waals surface area (Å²) in [5.41, 5.74) is 1.92. The second kappa shape index (κ2) is 5.16. The molecule has 0 unspecified atom stereocenters. The predicted octanol–water partition coefficient (Wildman–Crippen LogP) is 0.680. The van der Waals surface area contributed by atoms with Gasteiger partial charge in [0.25, 0.3) is 0 Å². The summed E-state index contributed by atoms with van der Waals surface area (Å²) in [6, 6.07) is 7.46. The van der Waals surface area contributed by atoms with Crippen molar-refractivity contribution in [3.05, 3.63) is 35.4 Å². The van der Waals surface area contributed by atoms with E-state index in [-0.39, 0.29) is 12.6 Å². The Kier molecular flexibility index (Phi) is 3.61. The molecule has 2 rings (SSSR count). The van der Waals surface area contributed by atoms with Gasteiger partial charge in [-0.05, 0) is 17.5 Å². The number of hydrogen-bond acceptors (Lipinski definition) is 3. The minimum absolute atomic E-state index is 0.0412. The third-order valence-corrected chi connectivity index (χ3v) is 2.92. The van der Waals surface area contributed by atoms with Crippen LogP contribution in [-0.2, 0) is 13.2 Å². The average Bonchev–Trinajstić information content (AvgIpc) is 2.36. The highest BCUT2D eigenvalue weighted by Gasteiger charge is 2.22. The lowest BCUT2D eigenvalue weighted by Gasteiger charge is -2.32. The molecule has 5 heteroatoms. The van der Waals surface area contributed by atoms with Crippen LogP contribution >= 0.6 is 0 Å². The van der Waals surface area contributed by atoms with Gasteiger partial charge in [-0.1, -0.05) is 24.3 Å². The van der Waals surface area contributed by atoms with Crippen molar-refractivity contribution in [2.45, 2.75) is 19.6 Å². The van der Waals surface area contributed by atoms with Gasteiger partial charge < -0.3 is 10.0 Å². The van der Waals surface area contributed by atoms with Crippen LogP contribution in [0.2, 0.25) is 0 Å². The third kappa shape index (κ3) is 2.75. The van der Waals surface area contributed by atoms with Crippen LogP contribution in [0.3, 0.4) is 0 Å². The van der Waals surface area contributed by atoms with Gasteiger partial charge in [-0.3, -0.25) is 5.01 Å². The zero-order valence-corrected chi connectivity index (χ0v) is 9.67. The Bertz CT molecular complexity index is 391. The molecule has 0 bridgehead atoms. The van der Waals surface area contributed by atoms with Gasteiger partial charge in [-0.25, -0.2) is 10.6 Å². The van der Waals surface area contributed by atoms with E-state index in [0.717, 1.165) is 24.1 Å². The van der Waals surface area contributed by atoms with Crippen LogP contribution in [0.25, 0.3) is 0 Å². The number of carbonyl (C=O) groups excluding carboxylic acids is 1. The van der Waals surface area contributed by atoms with Gasteiger partial charge in [0.2, 0.25) is 0 Å². The first kappa shape index (κ1) is 11.9. The van der Waals surface area contributed by atoms with E-state index in [2.05, 4.69) is 0 Å². The largest absolute Gasteiger partial charge is 0.392 e. The van der Waals surface area contributed by atoms with E-state index in [1.165, 1.54) is 5.01 Å². The van der Waals surface area contributed by atoms with Crippen molar-refractivity contribution in [3.8, 4) is 0 Å². The molecule has 1 aromatic rings. The second-order valence-electron chi connectivity index (χ2n) is 4.23. The first-order valence-corrected chi connectivity index (χ1v) is 5.70. The topological polar surface area (TPSA) is 69.8 Å². The van der Waals surface area contributed by atoms with Crippen LogP contribution in [0.5, 0.6) is 0 Å². The highest BCUT2D eigenvalue weighted by atomic mass is 16.3. The zero-order chi connectivity index (χ0) is 12.3. The van der Waals surface area contributed by atoms with E-state index in [4.69, 9.17) is 10.9 Å². The van der Waals surface area contributed by atoms with Crippen LogP contribution in [0.15, 0.2) is 24.3 Å². The number of amides is 2. The molecule has 0 radical (unpaired) electrons. The summed E-state index contributed by atoms with van der Waals surface area (Å²) in [4.78, 5) is 13.5. The Hall–Kier alpha value is -1.59. The monoisotopic (exact) mass is 235 g/mol. The third-order valence-electron chi connectivity index (χ3n) is 2.92. The fourth-order valence-electron chi connectivity index (χ4n) is 1.92. The molecular weight excluding hydrogens is 218 g/mol. The Morgan fingerprint density at radius 1 is 1.18 bits per heavy atom. The van der Waals surface area contributed by atoms with Crippen LogP contribution in [0.4, 0.5) is 4.79 Å². The number of rotatable bonds is 3. The van der Waals surface area contributed by atoms with E-state index >= 15 is 0 Å². The van der Waals surface area contributed by atoms with Crippen molar-refractivity contribution >= 4 is 6.03 Å². The Labute approximate surface area is 100 Å². The molecule has 1 aliphatic rings. The Balaban J connectivity index is 2.01. The average molecular weight is 235 g/mol. The summed E-state index contributed by atoms with van der Waals surface area (Å²) < 4.78 is 0. The highest BCUT2D eigenvalue weighted by molar-refractivity contribution is 5.74. The molecule has 2 amide bonds. The molecule has 92 valence electrons. The number of nitrogens with zero attached hydrogens (tertiary/aromatic N) is 2.